The van der Waals surface area contributed by atoms with Gasteiger partial charge in [0.2, 0.25) is 11.3 Å². The predicted octanol–water partition coefficient (Wildman–Crippen LogP) is 2.74. The number of ether oxygens (including phenoxy) is 1. The number of carbonyl (C=O) groups is 1. The highest BCUT2D eigenvalue weighted by atomic mass is 16.5. The molecule has 1 N–H and O–H groups in total. The molecule has 3 rings (SSSR count). The van der Waals surface area contributed by atoms with Gasteiger partial charge in [0.05, 0.1) is 31.1 Å². The Hall–Kier alpha value is -3.15. The minimum Gasteiger partial charge on any atom is -0.495 e. The molecule has 0 fully saturated rings. The molecule has 6 nitrogen and oxygen atoms in total. The van der Waals surface area contributed by atoms with Crippen LogP contribution in [0.1, 0.15) is 12.0 Å². The number of amides is 1. The molecular formula is C19H19N3O3. The fraction of sp³-hybridized carbons (Fsp3) is 0.211. The van der Waals surface area contributed by atoms with Crippen LogP contribution >= 0.6 is 0 Å². The molecule has 1 amide bonds. The van der Waals surface area contributed by atoms with Crippen molar-refractivity contribution in [3.63, 3.8) is 0 Å². The summed E-state index contributed by atoms with van der Waals surface area (Å²) in [7, 11) is 1.57. The van der Waals surface area contributed by atoms with Crippen LogP contribution in [-0.2, 0) is 11.3 Å². The molecule has 2 aromatic carbocycles. The molecule has 128 valence electrons. The topological polar surface area (TPSA) is 73.2 Å². The molecule has 3 aromatic rings. The van der Waals surface area contributed by atoms with E-state index in [0.29, 0.717) is 23.4 Å². The van der Waals surface area contributed by atoms with Crippen molar-refractivity contribution in [2.75, 3.05) is 12.4 Å². The lowest BCUT2D eigenvalue weighted by molar-refractivity contribution is -0.116. The lowest BCUT2D eigenvalue weighted by atomic mass is 10.2. The van der Waals surface area contributed by atoms with Crippen molar-refractivity contribution in [1.29, 1.82) is 0 Å². The molecular weight excluding hydrogens is 318 g/mol. The van der Waals surface area contributed by atoms with Crippen LogP contribution in [0, 0.1) is 6.92 Å². The lowest BCUT2D eigenvalue weighted by Crippen LogP contribution is -2.18. The number of benzene rings is 2. The number of para-hydroxylation sites is 1. The standard InChI is InChI=1S/C19H19N3O3/c1-13-7-8-18(25-2)15(11-13)21-19(24)9-10-22-16-6-4-3-5-14(16)17(23)12-20-22/h3-8,11-12H,9-10H2,1-2H3,(H,21,24). The van der Waals surface area contributed by atoms with Gasteiger partial charge in [0.1, 0.15) is 5.75 Å². The van der Waals surface area contributed by atoms with Crippen LogP contribution in [0.4, 0.5) is 5.69 Å². The number of aryl methyl sites for hydroxylation is 2. The van der Waals surface area contributed by atoms with Crippen molar-refractivity contribution in [1.82, 2.24) is 9.78 Å². The number of carbonyl (C=O) groups excluding carboxylic acids is 1. The average Bonchev–Trinajstić information content (AvgIpc) is 2.62. The molecule has 0 unspecified atom stereocenters. The van der Waals surface area contributed by atoms with Gasteiger partial charge in [-0.2, -0.15) is 5.10 Å². The number of nitrogens with one attached hydrogen (secondary N) is 1. The van der Waals surface area contributed by atoms with E-state index < -0.39 is 0 Å². The first-order chi connectivity index (χ1) is 12.1. The molecule has 0 saturated heterocycles. The van der Waals surface area contributed by atoms with Gasteiger partial charge in [-0.15, -0.1) is 0 Å². The summed E-state index contributed by atoms with van der Waals surface area (Å²) >= 11 is 0. The largest absolute Gasteiger partial charge is 0.495 e. The van der Waals surface area contributed by atoms with E-state index in [0.717, 1.165) is 11.1 Å². The third-order valence-corrected chi connectivity index (χ3v) is 3.94. The molecule has 0 aliphatic heterocycles. The van der Waals surface area contributed by atoms with Gasteiger partial charge in [-0.25, -0.2) is 0 Å². The van der Waals surface area contributed by atoms with Crippen LogP contribution in [0.25, 0.3) is 10.9 Å². The summed E-state index contributed by atoms with van der Waals surface area (Å²) in [6.45, 7) is 2.33. The molecule has 1 heterocycles. The molecule has 0 atom stereocenters. The van der Waals surface area contributed by atoms with Gasteiger partial charge < -0.3 is 10.1 Å². The zero-order valence-corrected chi connectivity index (χ0v) is 14.2. The maximum Gasteiger partial charge on any atom is 0.226 e. The molecule has 0 radical (unpaired) electrons. The quantitative estimate of drug-likeness (QED) is 0.777. The number of nitrogens with zero attached hydrogens (tertiary/aromatic N) is 2. The van der Waals surface area contributed by atoms with Crippen LogP contribution in [0.5, 0.6) is 5.75 Å². The monoisotopic (exact) mass is 337 g/mol. The highest BCUT2D eigenvalue weighted by Crippen LogP contribution is 2.25. The van der Waals surface area contributed by atoms with Gasteiger partial charge in [0.25, 0.3) is 0 Å². The Morgan fingerprint density at radius 1 is 1.24 bits per heavy atom. The Balaban J connectivity index is 1.74. The smallest absolute Gasteiger partial charge is 0.226 e. The van der Waals surface area contributed by atoms with Crippen LogP contribution in [0.3, 0.4) is 0 Å². The summed E-state index contributed by atoms with van der Waals surface area (Å²) in [6, 6.07) is 12.8. The van der Waals surface area contributed by atoms with Crippen molar-refractivity contribution in [2.45, 2.75) is 19.9 Å². The molecule has 0 spiro atoms. The SMILES string of the molecule is COc1ccc(C)cc1NC(=O)CCn1ncc(=O)c2ccccc21. The maximum atomic E-state index is 12.3. The molecule has 0 saturated carbocycles. The second-order valence-corrected chi connectivity index (χ2v) is 5.75. The first-order valence-corrected chi connectivity index (χ1v) is 7.98. The number of methoxy groups -OCH3 is 1. The number of fused-ring (bicyclic) bond motifs is 1. The third-order valence-electron chi connectivity index (χ3n) is 3.94. The van der Waals surface area contributed by atoms with Gasteiger partial charge >= 0.3 is 0 Å². The van der Waals surface area contributed by atoms with Gasteiger partial charge in [-0.1, -0.05) is 18.2 Å². The fourth-order valence-corrected chi connectivity index (χ4v) is 2.68. The Bertz CT molecular complexity index is 979. The van der Waals surface area contributed by atoms with Crippen LogP contribution in [0.15, 0.2) is 53.5 Å². The van der Waals surface area contributed by atoms with E-state index in [4.69, 9.17) is 4.74 Å². The minimum atomic E-state index is -0.145. The molecule has 0 bridgehead atoms. The van der Waals surface area contributed by atoms with Gasteiger partial charge in [0.15, 0.2) is 0 Å². The van der Waals surface area contributed by atoms with Crippen molar-refractivity contribution in [3.05, 3.63) is 64.4 Å². The van der Waals surface area contributed by atoms with E-state index >= 15 is 0 Å². The molecule has 1 aromatic heterocycles. The average molecular weight is 337 g/mol. The van der Waals surface area contributed by atoms with Gasteiger partial charge in [0, 0.05) is 11.8 Å². The highest BCUT2D eigenvalue weighted by molar-refractivity contribution is 5.92. The maximum absolute atomic E-state index is 12.3. The molecule has 0 aliphatic rings. The summed E-state index contributed by atoms with van der Waals surface area (Å²) in [5.41, 5.74) is 2.27. The van der Waals surface area contributed by atoms with Crippen LogP contribution in [-0.4, -0.2) is 22.8 Å². The van der Waals surface area contributed by atoms with Crippen molar-refractivity contribution in [2.24, 2.45) is 0 Å². The Labute approximate surface area is 145 Å². The second-order valence-electron chi connectivity index (χ2n) is 5.75. The van der Waals surface area contributed by atoms with E-state index in [-0.39, 0.29) is 17.8 Å². The number of hydrogen-bond acceptors (Lipinski definition) is 4. The highest BCUT2D eigenvalue weighted by Gasteiger charge is 2.09. The minimum absolute atomic E-state index is 0.124. The van der Waals surface area contributed by atoms with E-state index in [1.165, 1.54) is 6.20 Å². The number of anilines is 1. The summed E-state index contributed by atoms with van der Waals surface area (Å²) in [5, 5.41) is 7.59. The van der Waals surface area contributed by atoms with Crippen LogP contribution in [0.2, 0.25) is 0 Å². The number of aromatic nitrogens is 2. The normalized spacial score (nSPS) is 10.6. The number of hydrogen-bond donors (Lipinski definition) is 1. The number of rotatable bonds is 5. The zero-order chi connectivity index (χ0) is 17.8. The van der Waals surface area contributed by atoms with Crippen molar-refractivity contribution >= 4 is 22.5 Å². The van der Waals surface area contributed by atoms with E-state index in [1.807, 2.05) is 43.3 Å². The fourth-order valence-electron chi connectivity index (χ4n) is 2.68. The summed E-state index contributed by atoms with van der Waals surface area (Å²) in [6.07, 6.45) is 1.51. The van der Waals surface area contributed by atoms with Crippen molar-refractivity contribution < 1.29 is 9.53 Å². The second kappa shape index (κ2) is 7.17. The summed E-state index contributed by atoms with van der Waals surface area (Å²) < 4.78 is 6.94. The lowest BCUT2D eigenvalue weighted by Gasteiger charge is -2.12. The Morgan fingerprint density at radius 3 is 2.84 bits per heavy atom. The Kier molecular flexibility index (Phi) is 4.79. The van der Waals surface area contributed by atoms with Crippen molar-refractivity contribution in [3.8, 4) is 5.75 Å². The van der Waals surface area contributed by atoms with E-state index in [1.54, 1.807) is 17.9 Å². The summed E-state index contributed by atoms with van der Waals surface area (Å²) in [5.74, 6) is 0.472. The van der Waals surface area contributed by atoms with Gasteiger partial charge in [-0.3, -0.25) is 14.3 Å². The first kappa shape index (κ1) is 16.7. The zero-order valence-electron chi connectivity index (χ0n) is 14.2. The first-order valence-electron chi connectivity index (χ1n) is 7.98. The third kappa shape index (κ3) is 3.68. The molecule has 0 aliphatic carbocycles. The van der Waals surface area contributed by atoms with E-state index in [2.05, 4.69) is 10.4 Å². The van der Waals surface area contributed by atoms with Crippen LogP contribution < -0.4 is 15.5 Å². The summed E-state index contributed by atoms with van der Waals surface area (Å²) in [4.78, 5) is 24.1. The predicted molar refractivity (Wildman–Crippen MR) is 97.0 cm³/mol. The Morgan fingerprint density at radius 2 is 2.04 bits per heavy atom. The van der Waals surface area contributed by atoms with Gasteiger partial charge in [-0.05, 0) is 36.8 Å². The molecule has 6 heteroatoms. The van der Waals surface area contributed by atoms with E-state index in [9.17, 15) is 9.59 Å². The molecule has 25 heavy (non-hydrogen) atoms.